The average Bonchev–Trinajstić information content (AvgIpc) is 2.73. The van der Waals surface area contributed by atoms with Crippen molar-refractivity contribution in [1.29, 1.82) is 0 Å². The van der Waals surface area contributed by atoms with Gasteiger partial charge >= 0.3 is 6.18 Å². The van der Waals surface area contributed by atoms with E-state index >= 15 is 0 Å². The molecule has 0 saturated heterocycles. The van der Waals surface area contributed by atoms with E-state index < -0.39 is 17.6 Å². The summed E-state index contributed by atoms with van der Waals surface area (Å²) in [5, 5.41) is 2.89. The predicted octanol–water partition coefficient (Wildman–Crippen LogP) is 4.76. The number of pyridine rings is 1. The van der Waals surface area contributed by atoms with Crippen LogP contribution < -0.4 is 11.1 Å². The van der Waals surface area contributed by atoms with Crippen LogP contribution in [0.4, 0.5) is 34.6 Å². The van der Waals surface area contributed by atoms with E-state index in [1.54, 1.807) is 23.1 Å². The van der Waals surface area contributed by atoms with Crippen LogP contribution in [0.5, 0.6) is 0 Å². The molecule has 2 heterocycles. The van der Waals surface area contributed by atoms with Crippen molar-refractivity contribution in [2.24, 2.45) is 0 Å². The number of nitrogens with zero attached hydrogens (tertiary/aromatic N) is 2. The molecule has 0 unspecified atom stereocenters. The lowest BCUT2D eigenvalue weighted by atomic mass is 9.97. The fourth-order valence-corrected chi connectivity index (χ4v) is 3.56. The summed E-state index contributed by atoms with van der Waals surface area (Å²) < 4.78 is 52.6. The maximum absolute atomic E-state index is 14.3. The van der Waals surface area contributed by atoms with Gasteiger partial charge in [0.15, 0.2) is 0 Å². The molecule has 2 aromatic carbocycles. The summed E-state index contributed by atoms with van der Waals surface area (Å²) in [5.74, 6) is -1.24. The molecule has 0 atom stereocenters. The molecule has 0 bridgehead atoms. The van der Waals surface area contributed by atoms with Crippen LogP contribution in [0.15, 0.2) is 54.7 Å². The minimum absolute atomic E-state index is 0.0520. The van der Waals surface area contributed by atoms with Crippen molar-refractivity contribution < 1.29 is 22.4 Å². The highest BCUT2D eigenvalue weighted by molar-refractivity contribution is 5.93. The summed E-state index contributed by atoms with van der Waals surface area (Å²) in [4.78, 5) is 18.5. The molecule has 4 rings (SSSR count). The van der Waals surface area contributed by atoms with Crippen molar-refractivity contribution in [2.45, 2.75) is 19.1 Å². The van der Waals surface area contributed by atoms with Gasteiger partial charge < -0.3 is 16.0 Å². The zero-order chi connectivity index (χ0) is 22.2. The molecule has 160 valence electrons. The van der Waals surface area contributed by atoms with E-state index in [0.717, 1.165) is 23.3 Å². The molecule has 3 N–H and O–H groups in total. The first-order valence-corrected chi connectivity index (χ1v) is 9.48. The summed E-state index contributed by atoms with van der Waals surface area (Å²) in [6.07, 6.45) is -2.64. The number of aromatic nitrogens is 1. The SMILES string of the molecule is Nc1ccnc(C(=O)N2CCc3c(cccc3Nc3ccc(C(F)(F)F)cc3F)C2)c1. The Hall–Kier alpha value is -3.62. The molecule has 5 nitrogen and oxygen atoms in total. The third-order valence-corrected chi connectivity index (χ3v) is 5.12. The molecular weight excluding hydrogens is 412 g/mol. The summed E-state index contributed by atoms with van der Waals surface area (Å²) in [5.41, 5.74) is 7.66. The van der Waals surface area contributed by atoms with Crippen LogP contribution in [0, 0.1) is 5.82 Å². The van der Waals surface area contributed by atoms with Gasteiger partial charge in [-0.2, -0.15) is 13.2 Å². The Morgan fingerprint density at radius 2 is 1.90 bits per heavy atom. The van der Waals surface area contributed by atoms with Crippen molar-refractivity contribution >= 4 is 23.0 Å². The molecule has 0 aliphatic carbocycles. The average molecular weight is 430 g/mol. The lowest BCUT2D eigenvalue weighted by Gasteiger charge is -2.30. The number of rotatable bonds is 3. The Bertz CT molecular complexity index is 1150. The molecule has 1 aromatic heterocycles. The van der Waals surface area contributed by atoms with Gasteiger partial charge in [-0.1, -0.05) is 12.1 Å². The number of anilines is 3. The van der Waals surface area contributed by atoms with E-state index in [9.17, 15) is 22.4 Å². The van der Waals surface area contributed by atoms with E-state index in [1.165, 1.54) is 12.3 Å². The molecule has 1 aliphatic rings. The second kappa shape index (κ2) is 7.90. The second-order valence-electron chi connectivity index (χ2n) is 7.21. The second-order valence-corrected chi connectivity index (χ2v) is 7.21. The third-order valence-electron chi connectivity index (χ3n) is 5.12. The zero-order valence-electron chi connectivity index (χ0n) is 16.2. The minimum Gasteiger partial charge on any atom is -0.399 e. The van der Waals surface area contributed by atoms with Gasteiger partial charge in [0.1, 0.15) is 11.5 Å². The number of carbonyl (C=O) groups is 1. The number of hydrogen-bond donors (Lipinski definition) is 2. The van der Waals surface area contributed by atoms with Gasteiger partial charge in [-0.15, -0.1) is 0 Å². The molecule has 9 heteroatoms. The maximum atomic E-state index is 14.3. The molecule has 0 spiro atoms. The number of nitrogens with one attached hydrogen (secondary N) is 1. The summed E-state index contributed by atoms with van der Waals surface area (Å²) in [6.45, 7) is 0.742. The highest BCUT2D eigenvalue weighted by atomic mass is 19.4. The Kier molecular flexibility index (Phi) is 5.26. The largest absolute Gasteiger partial charge is 0.416 e. The topological polar surface area (TPSA) is 71.2 Å². The first-order valence-electron chi connectivity index (χ1n) is 9.48. The van der Waals surface area contributed by atoms with E-state index in [1.807, 2.05) is 6.07 Å². The molecule has 3 aromatic rings. The Balaban J connectivity index is 1.55. The smallest absolute Gasteiger partial charge is 0.399 e. The number of halogens is 4. The Labute approximate surface area is 175 Å². The van der Waals surface area contributed by atoms with Crippen molar-refractivity contribution in [1.82, 2.24) is 9.88 Å². The van der Waals surface area contributed by atoms with Crippen molar-refractivity contribution in [2.75, 3.05) is 17.6 Å². The van der Waals surface area contributed by atoms with Crippen molar-refractivity contribution in [3.8, 4) is 0 Å². The first-order chi connectivity index (χ1) is 14.7. The van der Waals surface area contributed by atoms with Gasteiger partial charge in [-0.3, -0.25) is 9.78 Å². The quantitative estimate of drug-likeness (QED) is 0.588. The fraction of sp³-hybridized carbons (Fsp3) is 0.182. The van der Waals surface area contributed by atoms with Gasteiger partial charge in [0.05, 0.1) is 11.3 Å². The van der Waals surface area contributed by atoms with Gasteiger partial charge in [0.2, 0.25) is 0 Å². The molecule has 31 heavy (non-hydrogen) atoms. The number of alkyl halides is 3. The van der Waals surface area contributed by atoms with E-state index in [2.05, 4.69) is 10.3 Å². The number of amides is 1. The number of hydrogen-bond acceptors (Lipinski definition) is 4. The van der Waals surface area contributed by atoms with Gasteiger partial charge in [0.25, 0.3) is 5.91 Å². The Morgan fingerprint density at radius 1 is 1.10 bits per heavy atom. The highest BCUT2D eigenvalue weighted by Gasteiger charge is 2.31. The fourth-order valence-electron chi connectivity index (χ4n) is 3.56. The van der Waals surface area contributed by atoms with Crippen LogP contribution in [0.3, 0.4) is 0 Å². The van der Waals surface area contributed by atoms with Crippen LogP contribution in [-0.2, 0) is 19.1 Å². The molecule has 0 radical (unpaired) electrons. The number of nitrogens with two attached hydrogens (primary N) is 1. The zero-order valence-corrected chi connectivity index (χ0v) is 16.2. The number of carbonyl (C=O) groups excluding carboxylic acids is 1. The van der Waals surface area contributed by atoms with E-state index in [-0.39, 0.29) is 17.3 Å². The van der Waals surface area contributed by atoms with Gasteiger partial charge in [-0.05, 0) is 53.9 Å². The third kappa shape index (κ3) is 4.30. The summed E-state index contributed by atoms with van der Waals surface area (Å²) >= 11 is 0. The van der Waals surface area contributed by atoms with Crippen LogP contribution >= 0.6 is 0 Å². The standard InChI is InChI=1S/C22H18F4N4O/c23-17-10-14(22(24,25)26)4-5-19(17)29-18-3-1-2-13-12-30(9-7-16(13)18)21(31)20-11-15(27)6-8-28-20/h1-6,8,10-11,29H,7,9,12H2,(H2,27,28). The van der Waals surface area contributed by atoms with Crippen LogP contribution in [0.1, 0.15) is 27.2 Å². The molecule has 1 aliphatic heterocycles. The Morgan fingerprint density at radius 3 is 2.61 bits per heavy atom. The summed E-state index contributed by atoms with van der Waals surface area (Å²) in [6, 6.07) is 10.8. The minimum atomic E-state index is -4.61. The molecule has 0 fully saturated rings. The molecular formula is C22H18F4N4O. The summed E-state index contributed by atoms with van der Waals surface area (Å²) in [7, 11) is 0. The molecule has 0 saturated carbocycles. The van der Waals surface area contributed by atoms with E-state index in [4.69, 9.17) is 5.73 Å². The van der Waals surface area contributed by atoms with E-state index in [0.29, 0.717) is 37.0 Å². The monoisotopic (exact) mass is 430 g/mol. The van der Waals surface area contributed by atoms with Crippen LogP contribution in [0.25, 0.3) is 0 Å². The van der Waals surface area contributed by atoms with Crippen molar-refractivity contribution in [3.63, 3.8) is 0 Å². The van der Waals surface area contributed by atoms with Crippen LogP contribution in [0.2, 0.25) is 0 Å². The molecule has 1 amide bonds. The van der Waals surface area contributed by atoms with Gasteiger partial charge in [0, 0.05) is 30.7 Å². The lowest BCUT2D eigenvalue weighted by molar-refractivity contribution is -0.137. The van der Waals surface area contributed by atoms with Crippen LogP contribution in [-0.4, -0.2) is 22.3 Å². The lowest BCUT2D eigenvalue weighted by Crippen LogP contribution is -2.36. The highest BCUT2D eigenvalue weighted by Crippen LogP contribution is 2.34. The maximum Gasteiger partial charge on any atom is 0.416 e. The number of benzene rings is 2. The van der Waals surface area contributed by atoms with Crippen molar-refractivity contribution in [3.05, 3.63) is 82.9 Å². The number of nitrogen functional groups attached to an aromatic ring is 1. The normalized spacial score (nSPS) is 13.6. The van der Waals surface area contributed by atoms with Gasteiger partial charge in [-0.25, -0.2) is 4.39 Å². The first kappa shape index (κ1) is 20.6. The number of fused-ring (bicyclic) bond motifs is 1. The predicted molar refractivity (Wildman–Crippen MR) is 108 cm³/mol.